The minimum atomic E-state index is -0.311. The van der Waals surface area contributed by atoms with E-state index >= 15 is 0 Å². The SMILES string of the molecule is CCN(CC)c1nc(N/N=C/c2cn[nH]c2-c2ccc(F)cc2)nc(Nc2cc(Cl)ccc2OC)n1. The maximum absolute atomic E-state index is 13.3. The number of methoxy groups -OCH3 is 1. The Balaban J connectivity index is 1.60. The van der Waals surface area contributed by atoms with Crippen LogP contribution in [0.1, 0.15) is 19.4 Å². The van der Waals surface area contributed by atoms with Gasteiger partial charge in [0.1, 0.15) is 11.6 Å². The molecule has 2 heterocycles. The molecule has 0 fully saturated rings. The predicted molar refractivity (Wildman–Crippen MR) is 140 cm³/mol. The van der Waals surface area contributed by atoms with Crippen LogP contribution in [-0.4, -0.2) is 51.6 Å². The van der Waals surface area contributed by atoms with Gasteiger partial charge in [0.2, 0.25) is 17.8 Å². The van der Waals surface area contributed by atoms with E-state index in [9.17, 15) is 4.39 Å². The summed E-state index contributed by atoms with van der Waals surface area (Å²) >= 11 is 6.17. The topological polar surface area (TPSA) is 116 Å². The van der Waals surface area contributed by atoms with Crippen LogP contribution in [-0.2, 0) is 0 Å². The molecule has 36 heavy (non-hydrogen) atoms. The lowest BCUT2D eigenvalue weighted by Gasteiger charge is -2.19. The highest BCUT2D eigenvalue weighted by molar-refractivity contribution is 6.31. The van der Waals surface area contributed by atoms with Gasteiger partial charge in [0.15, 0.2) is 0 Å². The molecule has 0 aliphatic rings. The van der Waals surface area contributed by atoms with Crippen LogP contribution in [0.25, 0.3) is 11.3 Å². The fourth-order valence-electron chi connectivity index (χ4n) is 3.42. The van der Waals surface area contributed by atoms with Gasteiger partial charge in [-0.2, -0.15) is 25.2 Å². The lowest BCUT2D eigenvalue weighted by Crippen LogP contribution is -2.25. The Morgan fingerprint density at radius 1 is 1.08 bits per heavy atom. The number of hydrazone groups is 1. The van der Waals surface area contributed by atoms with Crippen LogP contribution in [0.3, 0.4) is 0 Å². The molecule has 10 nitrogen and oxygen atoms in total. The molecule has 2 aromatic carbocycles. The fourth-order valence-corrected chi connectivity index (χ4v) is 3.59. The lowest BCUT2D eigenvalue weighted by atomic mass is 10.1. The fraction of sp³-hybridized carbons (Fsp3) is 0.208. The Kier molecular flexibility index (Phi) is 7.91. The number of hydrogen-bond acceptors (Lipinski definition) is 9. The number of nitrogens with zero attached hydrogens (tertiary/aromatic N) is 6. The number of H-pyrrole nitrogens is 1. The molecule has 0 aliphatic heterocycles. The van der Waals surface area contributed by atoms with Crippen molar-refractivity contribution in [3.63, 3.8) is 0 Å². The van der Waals surface area contributed by atoms with Gasteiger partial charge in [0.25, 0.3) is 0 Å². The van der Waals surface area contributed by atoms with E-state index in [-0.39, 0.29) is 11.8 Å². The number of aromatic amines is 1. The average Bonchev–Trinajstić information content (AvgIpc) is 3.34. The second-order valence-electron chi connectivity index (χ2n) is 7.50. The van der Waals surface area contributed by atoms with Crippen molar-refractivity contribution in [2.24, 2.45) is 5.10 Å². The number of anilines is 4. The first kappa shape index (κ1) is 24.9. The summed E-state index contributed by atoms with van der Waals surface area (Å²) < 4.78 is 18.7. The molecule has 186 valence electrons. The smallest absolute Gasteiger partial charge is 0.250 e. The summed E-state index contributed by atoms with van der Waals surface area (Å²) in [6.07, 6.45) is 3.20. The summed E-state index contributed by atoms with van der Waals surface area (Å²) in [6.45, 7) is 5.45. The zero-order valence-electron chi connectivity index (χ0n) is 20.0. The molecule has 0 atom stereocenters. The number of ether oxygens (including phenoxy) is 1. The van der Waals surface area contributed by atoms with E-state index in [1.807, 2.05) is 18.7 Å². The molecule has 0 bridgehead atoms. The first-order valence-corrected chi connectivity index (χ1v) is 11.6. The van der Waals surface area contributed by atoms with Gasteiger partial charge in [-0.25, -0.2) is 9.82 Å². The summed E-state index contributed by atoms with van der Waals surface area (Å²) in [4.78, 5) is 15.5. The summed E-state index contributed by atoms with van der Waals surface area (Å²) in [6, 6.07) is 11.3. The zero-order valence-corrected chi connectivity index (χ0v) is 20.7. The molecule has 0 radical (unpaired) electrons. The van der Waals surface area contributed by atoms with Gasteiger partial charge in [-0.1, -0.05) is 11.6 Å². The molecule has 3 N–H and O–H groups in total. The maximum atomic E-state index is 13.3. The first-order chi connectivity index (χ1) is 17.5. The van der Waals surface area contributed by atoms with Crippen LogP contribution >= 0.6 is 11.6 Å². The number of benzene rings is 2. The van der Waals surface area contributed by atoms with E-state index in [0.29, 0.717) is 52.7 Å². The van der Waals surface area contributed by atoms with Gasteiger partial charge >= 0.3 is 0 Å². The summed E-state index contributed by atoms with van der Waals surface area (Å²) in [5, 5.41) is 15.0. The molecule has 12 heteroatoms. The van der Waals surface area contributed by atoms with Crippen LogP contribution < -0.4 is 20.4 Å². The molecule has 0 amide bonds. The molecule has 0 spiro atoms. The van der Waals surface area contributed by atoms with E-state index in [2.05, 4.69) is 41.0 Å². The van der Waals surface area contributed by atoms with Crippen molar-refractivity contribution >= 4 is 41.3 Å². The van der Waals surface area contributed by atoms with Gasteiger partial charge in [-0.05, 0) is 56.3 Å². The van der Waals surface area contributed by atoms with Crippen molar-refractivity contribution in [1.29, 1.82) is 0 Å². The maximum Gasteiger partial charge on any atom is 0.250 e. The van der Waals surface area contributed by atoms with Gasteiger partial charge in [0, 0.05) is 29.2 Å². The number of aromatic nitrogens is 5. The predicted octanol–water partition coefficient (Wildman–Crippen LogP) is 5.10. The number of rotatable bonds is 10. The van der Waals surface area contributed by atoms with Gasteiger partial charge in [-0.3, -0.25) is 5.10 Å². The van der Waals surface area contributed by atoms with Gasteiger partial charge in [-0.15, -0.1) is 0 Å². The van der Waals surface area contributed by atoms with Crippen molar-refractivity contribution in [1.82, 2.24) is 25.1 Å². The third-order valence-corrected chi connectivity index (χ3v) is 5.48. The molecule has 0 saturated carbocycles. The highest BCUT2D eigenvalue weighted by Gasteiger charge is 2.13. The summed E-state index contributed by atoms with van der Waals surface area (Å²) in [5.74, 6) is 1.28. The number of halogens is 2. The Labute approximate surface area is 212 Å². The molecule has 4 aromatic rings. The summed E-state index contributed by atoms with van der Waals surface area (Å²) in [7, 11) is 1.57. The van der Waals surface area contributed by atoms with Crippen LogP contribution in [0, 0.1) is 5.82 Å². The summed E-state index contributed by atoms with van der Waals surface area (Å²) in [5.41, 5.74) is 5.66. The molecular weight excluding hydrogens is 485 g/mol. The molecule has 0 unspecified atom stereocenters. The van der Waals surface area contributed by atoms with Crippen molar-refractivity contribution in [3.05, 3.63) is 65.1 Å². The Morgan fingerprint density at radius 3 is 2.56 bits per heavy atom. The van der Waals surface area contributed by atoms with Crippen molar-refractivity contribution in [2.45, 2.75) is 13.8 Å². The Morgan fingerprint density at radius 2 is 1.83 bits per heavy atom. The third-order valence-electron chi connectivity index (χ3n) is 5.25. The van der Waals surface area contributed by atoms with Gasteiger partial charge < -0.3 is 15.0 Å². The minimum Gasteiger partial charge on any atom is -0.495 e. The monoisotopic (exact) mass is 509 g/mol. The van der Waals surface area contributed by atoms with E-state index in [1.165, 1.54) is 12.1 Å². The molecule has 0 saturated heterocycles. The lowest BCUT2D eigenvalue weighted by molar-refractivity contribution is 0.417. The largest absolute Gasteiger partial charge is 0.495 e. The van der Waals surface area contributed by atoms with E-state index in [0.717, 1.165) is 5.56 Å². The quantitative estimate of drug-likeness (QED) is 0.200. The van der Waals surface area contributed by atoms with Crippen LogP contribution in [0.2, 0.25) is 5.02 Å². The van der Waals surface area contributed by atoms with E-state index in [1.54, 1.807) is 49.9 Å². The molecule has 4 rings (SSSR count). The molecule has 0 aliphatic carbocycles. The van der Waals surface area contributed by atoms with E-state index in [4.69, 9.17) is 16.3 Å². The number of hydrogen-bond donors (Lipinski definition) is 3. The molecule has 2 aromatic heterocycles. The van der Waals surface area contributed by atoms with Crippen LogP contribution in [0.4, 0.5) is 27.9 Å². The highest BCUT2D eigenvalue weighted by Crippen LogP contribution is 2.30. The van der Waals surface area contributed by atoms with Crippen LogP contribution in [0.5, 0.6) is 5.75 Å². The number of nitrogens with one attached hydrogen (secondary N) is 3. The third kappa shape index (κ3) is 5.87. The Hall–Kier alpha value is -4.25. The minimum absolute atomic E-state index is 0.235. The zero-order chi connectivity index (χ0) is 25.5. The standard InChI is InChI=1S/C24H25ClFN9O/c1-4-35(5-2)24-31-22(29-19-12-17(25)8-11-20(19)36-3)30-23(32-24)34-28-14-16-13-27-33-21(16)15-6-9-18(26)10-7-15/h6-14H,4-5H2,1-3H3,(H,27,33)(H2,29,30,31,32,34)/b28-14+. The second kappa shape index (κ2) is 11.5. The van der Waals surface area contributed by atoms with Crippen molar-refractivity contribution < 1.29 is 9.13 Å². The highest BCUT2D eigenvalue weighted by atomic mass is 35.5. The second-order valence-corrected chi connectivity index (χ2v) is 7.94. The van der Waals surface area contributed by atoms with Crippen molar-refractivity contribution in [2.75, 3.05) is 35.8 Å². The molecular formula is C24H25ClFN9O. The Bertz CT molecular complexity index is 1340. The average molecular weight is 510 g/mol. The first-order valence-electron chi connectivity index (χ1n) is 11.2. The van der Waals surface area contributed by atoms with E-state index < -0.39 is 0 Å². The van der Waals surface area contributed by atoms with Crippen LogP contribution in [0.15, 0.2) is 53.8 Å². The normalized spacial score (nSPS) is 11.0. The van der Waals surface area contributed by atoms with Gasteiger partial charge in [0.05, 0.1) is 30.9 Å². The van der Waals surface area contributed by atoms with Crippen molar-refractivity contribution in [3.8, 4) is 17.0 Å².